The van der Waals surface area contributed by atoms with Crippen molar-refractivity contribution in [2.75, 3.05) is 52.7 Å². The summed E-state index contributed by atoms with van der Waals surface area (Å²) in [4.78, 5) is 17.2. The molecular formula is C16H31N3O4S. The fourth-order valence-corrected chi connectivity index (χ4v) is 4.74. The molecule has 2 aliphatic heterocycles. The lowest BCUT2D eigenvalue weighted by Crippen LogP contribution is -2.59. The van der Waals surface area contributed by atoms with Gasteiger partial charge in [-0.1, -0.05) is 0 Å². The number of rotatable bonds is 5. The van der Waals surface area contributed by atoms with E-state index in [9.17, 15) is 13.2 Å². The molecule has 1 amide bonds. The first-order valence-electron chi connectivity index (χ1n) is 8.72. The summed E-state index contributed by atoms with van der Waals surface area (Å²) in [6.45, 7) is 8.26. The van der Waals surface area contributed by atoms with E-state index in [1.165, 1.54) is 10.6 Å². The number of carbonyl (C=O) groups excluding carboxylic acids is 1. The topological polar surface area (TPSA) is 70.2 Å². The fraction of sp³-hybridized carbons (Fsp3) is 0.938. The maximum atomic E-state index is 12.8. The van der Waals surface area contributed by atoms with Crippen LogP contribution < -0.4 is 0 Å². The third kappa shape index (κ3) is 4.68. The quantitative estimate of drug-likeness (QED) is 0.701. The van der Waals surface area contributed by atoms with E-state index in [1.54, 1.807) is 7.11 Å². The van der Waals surface area contributed by atoms with Gasteiger partial charge in [0.2, 0.25) is 15.9 Å². The first-order valence-corrected chi connectivity index (χ1v) is 10.6. The number of piperidine rings is 1. The monoisotopic (exact) mass is 361 g/mol. The van der Waals surface area contributed by atoms with Gasteiger partial charge in [-0.2, -0.15) is 0 Å². The third-order valence-corrected chi connectivity index (χ3v) is 6.54. The van der Waals surface area contributed by atoms with Crippen LogP contribution >= 0.6 is 0 Å². The Labute approximate surface area is 146 Å². The van der Waals surface area contributed by atoms with Gasteiger partial charge in [0.15, 0.2) is 0 Å². The predicted octanol–water partition coefficient (Wildman–Crippen LogP) is 0.226. The average molecular weight is 362 g/mol. The summed E-state index contributed by atoms with van der Waals surface area (Å²) < 4.78 is 29.8. The summed E-state index contributed by atoms with van der Waals surface area (Å²) in [6.07, 6.45) is 2.48. The Morgan fingerprint density at radius 2 is 1.67 bits per heavy atom. The molecule has 2 heterocycles. The summed E-state index contributed by atoms with van der Waals surface area (Å²) in [7, 11) is -1.44. The van der Waals surface area contributed by atoms with Gasteiger partial charge in [-0.3, -0.25) is 9.69 Å². The Kier molecular flexibility index (Phi) is 6.64. The van der Waals surface area contributed by atoms with E-state index in [-0.39, 0.29) is 11.8 Å². The van der Waals surface area contributed by atoms with Crippen molar-refractivity contribution in [2.24, 2.45) is 5.92 Å². The highest BCUT2D eigenvalue weighted by Gasteiger charge is 2.36. The number of methoxy groups -OCH3 is 1. The summed E-state index contributed by atoms with van der Waals surface area (Å²) in [5.41, 5.74) is 0. The van der Waals surface area contributed by atoms with E-state index >= 15 is 0 Å². The number of sulfonamides is 1. The molecule has 2 unspecified atom stereocenters. The van der Waals surface area contributed by atoms with Crippen LogP contribution in [0, 0.1) is 5.92 Å². The molecule has 0 aromatic heterocycles. The minimum Gasteiger partial charge on any atom is -0.383 e. The number of amides is 1. The standard InChI is InChI=1S/C16H31N3O4S/c1-13-11-17(12-14(2)19(13)9-10-23-3)16(20)15-5-7-18(8-6-15)24(4,21)22/h13-15H,5-12H2,1-4H3. The first-order chi connectivity index (χ1) is 11.2. The number of nitrogens with zero attached hydrogens (tertiary/aromatic N) is 3. The fourth-order valence-electron chi connectivity index (χ4n) is 3.87. The maximum absolute atomic E-state index is 12.8. The van der Waals surface area contributed by atoms with Gasteiger partial charge in [0.1, 0.15) is 0 Å². The number of hydrogen-bond acceptors (Lipinski definition) is 5. The Morgan fingerprint density at radius 3 is 2.12 bits per heavy atom. The van der Waals surface area contributed by atoms with Crippen LogP contribution in [0.5, 0.6) is 0 Å². The van der Waals surface area contributed by atoms with Crippen LogP contribution in [-0.4, -0.2) is 93.2 Å². The van der Waals surface area contributed by atoms with Crippen molar-refractivity contribution < 1.29 is 17.9 Å². The van der Waals surface area contributed by atoms with Gasteiger partial charge in [0, 0.05) is 57.8 Å². The molecule has 2 atom stereocenters. The van der Waals surface area contributed by atoms with Crippen molar-refractivity contribution in [3.05, 3.63) is 0 Å². The average Bonchev–Trinajstić information content (AvgIpc) is 2.52. The second kappa shape index (κ2) is 8.12. The van der Waals surface area contributed by atoms with Crippen molar-refractivity contribution in [3.8, 4) is 0 Å². The maximum Gasteiger partial charge on any atom is 0.225 e. The normalized spacial score (nSPS) is 28.2. The Hall–Kier alpha value is -0.700. The van der Waals surface area contributed by atoms with Crippen molar-refractivity contribution in [1.29, 1.82) is 0 Å². The molecule has 24 heavy (non-hydrogen) atoms. The number of carbonyl (C=O) groups is 1. The smallest absolute Gasteiger partial charge is 0.225 e. The van der Waals surface area contributed by atoms with Crippen molar-refractivity contribution >= 4 is 15.9 Å². The van der Waals surface area contributed by atoms with Gasteiger partial charge in [-0.25, -0.2) is 12.7 Å². The van der Waals surface area contributed by atoms with Crippen molar-refractivity contribution in [2.45, 2.75) is 38.8 Å². The molecule has 2 fully saturated rings. The molecule has 2 saturated heterocycles. The zero-order chi connectivity index (χ0) is 17.9. The van der Waals surface area contributed by atoms with E-state index in [1.807, 2.05) is 4.90 Å². The van der Waals surface area contributed by atoms with Crippen molar-refractivity contribution in [3.63, 3.8) is 0 Å². The SMILES string of the molecule is COCCN1C(C)CN(C(=O)C2CCN(S(C)(=O)=O)CC2)CC1C. The van der Waals surface area contributed by atoms with Gasteiger partial charge in [0.25, 0.3) is 0 Å². The molecule has 0 radical (unpaired) electrons. The van der Waals surface area contributed by atoms with Gasteiger partial charge < -0.3 is 9.64 Å². The zero-order valence-corrected chi connectivity index (χ0v) is 16.1. The third-order valence-electron chi connectivity index (χ3n) is 5.24. The highest BCUT2D eigenvalue weighted by atomic mass is 32.2. The largest absolute Gasteiger partial charge is 0.383 e. The Bertz CT molecular complexity index is 519. The minimum atomic E-state index is -3.14. The molecule has 8 heteroatoms. The van der Waals surface area contributed by atoms with Crippen LogP contribution in [0.2, 0.25) is 0 Å². The molecule has 0 N–H and O–H groups in total. The number of ether oxygens (including phenoxy) is 1. The number of piperazine rings is 1. The predicted molar refractivity (Wildman–Crippen MR) is 93.2 cm³/mol. The molecule has 0 aromatic rings. The summed E-state index contributed by atoms with van der Waals surface area (Å²) in [5.74, 6) is 0.140. The lowest BCUT2D eigenvalue weighted by atomic mass is 9.95. The van der Waals surface area contributed by atoms with Gasteiger partial charge in [0.05, 0.1) is 12.9 Å². The molecule has 2 aliphatic rings. The highest BCUT2D eigenvalue weighted by Crippen LogP contribution is 2.24. The molecule has 0 aromatic carbocycles. The molecule has 0 aliphatic carbocycles. The summed E-state index contributed by atoms with van der Waals surface area (Å²) >= 11 is 0. The van der Waals surface area contributed by atoms with Gasteiger partial charge in [-0.15, -0.1) is 0 Å². The Morgan fingerprint density at radius 1 is 1.12 bits per heavy atom. The lowest BCUT2D eigenvalue weighted by molar-refractivity contribution is -0.141. The van der Waals surface area contributed by atoms with E-state index in [4.69, 9.17) is 4.74 Å². The van der Waals surface area contributed by atoms with E-state index in [0.717, 1.165) is 19.6 Å². The van der Waals surface area contributed by atoms with Crippen LogP contribution in [0.1, 0.15) is 26.7 Å². The van der Waals surface area contributed by atoms with E-state index < -0.39 is 10.0 Å². The molecule has 0 saturated carbocycles. The Balaban J connectivity index is 1.90. The van der Waals surface area contributed by atoms with E-state index in [0.29, 0.717) is 44.6 Å². The van der Waals surface area contributed by atoms with Crippen LogP contribution in [0.25, 0.3) is 0 Å². The number of hydrogen-bond donors (Lipinski definition) is 0. The van der Waals surface area contributed by atoms with Crippen LogP contribution in [0.4, 0.5) is 0 Å². The second-order valence-electron chi connectivity index (χ2n) is 7.11. The van der Waals surface area contributed by atoms with Crippen molar-refractivity contribution in [1.82, 2.24) is 14.1 Å². The van der Waals surface area contributed by atoms with Gasteiger partial charge in [-0.05, 0) is 26.7 Å². The molecule has 0 bridgehead atoms. The zero-order valence-electron chi connectivity index (χ0n) is 15.3. The molecule has 2 rings (SSSR count). The minimum absolute atomic E-state index is 0.0482. The molecule has 0 spiro atoms. The molecule has 7 nitrogen and oxygen atoms in total. The molecule has 140 valence electrons. The van der Waals surface area contributed by atoms with Crippen LogP contribution in [0.3, 0.4) is 0 Å². The van der Waals surface area contributed by atoms with Crippen LogP contribution in [0.15, 0.2) is 0 Å². The van der Waals surface area contributed by atoms with Gasteiger partial charge >= 0.3 is 0 Å². The molecular weight excluding hydrogens is 330 g/mol. The highest BCUT2D eigenvalue weighted by molar-refractivity contribution is 7.88. The summed E-state index contributed by atoms with van der Waals surface area (Å²) in [5, 5.41) is 0. The van der Waals surface area contributed by atoms with E-state index in [2.05, 4.69) is 18.7 Å². The summed E-state index contributed by atoms with van der Waals surface area (Å²) in [6, 6.07) is 0.618. The van der Waals surface area contributed by atoms with Crippen LogP contribution in [-0.2, 0) is 19.6 Å². The first kappa shape index (κ1) is 19.6. The second-order valence-corrected chi connectivity index (χ2v) is 9.09. The lowest BCUT2D eigenvalue weighted by Gasteiger charge is -2.45.